The summed E-state index contributed by atoms with van der Waals surface area (Å²) in [7, 11) is 1.64. The summed E-state index contributed by atoms with van der Waals surface area (Å²) in [5.74, 6) is 1.62. The second kappa shape index (κ2) is 5.77. The van der Waals surface area contributed by atoms with Crippen LogP contribution in [0, 0.1) is 16.7 Å². The molecular weight excluding hydrogens is 226 g/mol. The van der Waals surface area contributed by atoms with Gasteiger partial charge in [0.15, 0.2) is 0 Å². The van der Waals surface area contributed by atoms with Crippen LogP contribution in [0.3, 0.4) is 0 Å². The number of rotatable bonds is 4. The fourth-order valence-electron chi connectivity index (χ4n) is 2.41. The number of nitrogens with zero attached hydrogens (tertiary/aromatic N) is 1. The zero-order valence-corrected chi connectivity index (χ0v) is 10.8. The van der Waals surface area contributed by atoms with Crippen LogP contribution in [-0.2, 0) is 0 Å². The fraction of sp³-hybridized carbons (Fsp3) is 0.533. The lowest BCUT2D eigenvalue weighted by Gasteiger charge is -2.30. The van der Waals surface area contributed by atoms with E-state index in [2.05, 4.69) is 6.07 Å². The van der Waals surface area contributed by atoms with E-state index >= 15 is 0 Å². The quantitative estimate of drug-likeness (QED) is 0.814. The average molecular weight is 245 g/mol. The predicted molar refractivity (Wildman–Crippen MR) is 69.6 cm³/mol. The number of hydrogen-bond acceptors (Lipinski definition) is 3. The smallest absolute Gasteiger partial charge is 0.119 e. The Bertz CT molecular complexity index is 413. The molecule has 0 bridgehead atoms. The van der Waals surface area contributed by atoms with Gasteiger partial charge in [0.1, 0.15) is 18.1 Å². The molecule has 0 amide bonds. The van der Waals surface area contributed by atoms with Crippen molar-refractivity contribution in [1.29, 1.82) is 5.26 Å². The molecule has 18 heavy (non-hydrogen) atoms. The minimum absolute atomic E-state index is 0.280. The summed E-state index contributed by atoms with van der Waals surface area (Å²) in [6, 6.07) is 9.96. The zero-order chi connectivity index (χ0) is 12.8. The van der Waals surface area contributed by atoms with E-state index in [1.807, 2.05) is 24.3 Å². The topological polar surface area (TPSA) is 42.2 Å². The van der Waals surface area contributed by atoms with Crippen molar-refractivity contribution in [3.8, 4) is 17.6 Å². The molecule has 2 rings (SSSR count). The van der Waals surface area contributed by atoms with Crippen molar-refractivity contribution in [2.75, 3.05) is 13.7 Å². The largest absolute Gasteiger partial charge is 0.497 e. The number of ether oxygens (including phenoxy) is 2. The van der Waals surface area contributed by atoms with Crippen LogP contribution in [0.2, 0.25) is 0 Å². The van der Waals surface area contributed by atoms with E-state index in [9.17, 15) is 5.26 Å². The van der Waals surface area contributed by atoms with Gasteiger partial charge in [0.25, 0.3) is 0 Å². The van der Waals surface area contributed by atoms with Gasteiger partial charge in [0.2, 0.25) is 0 Å². The maximum absolute atomic E-state index is 9.35. The molecule has 0 heterocycles. The molecule has 1 aliphatic carbocycles. The van der Waals surface area contributed by atoms with Crippen LogP contribution in [0.5, 0.6) is 11.5 Å². The third-order valence-electron chi connectivity index (χ3n) is 3.62. The fourth-order valence-corrected chi connectivity index (χ4v) is 2.41. The zero-order valence-electron chi connectivity index (χ0n) is 10.8. The minimum Gasteiger partial charge on any atom is -0.497 e. The molecule has 0 aromatic heterocycles. The predicted octanol–water partition coefficient (Wildman–Crippen LogP) is 3.55. The van der Waals surface area contributed by atoms with Crippen LogP contribution < -0.4 is 9.47 Å². The van der Waals surface area contributed by atoms with Crippen LogP contribution in [0.4, 0.5) is 0 Å². The lowest BCUT2D eigenvalue weighted by molar-refractivity contribution is 0.150. The summed E-state index contributed by atoms with van der Waals surface area (Å²) in [6.45, 7) is 0.496. The van der Waals surface area contributed by atoms with Gasteiger partial charge in [-0.1, -0.05) is 19.3 Å². The molecule has 96 valence electrons. The highest BCUT2D eigenvalue weighted by Crippen LogP contribution is 2.36. The van der Waals surface area contributed by atoms with Crippen molar-refractivity contribution in [1.82, 2.24) is 0 Å². The molecule has 0 saturated heterocycles. The van der Waals surface area contributed by atoms with Crippen LogP contribution in [-0.4, -0.2) is 13.7 Å². The third kappa shape index (κ3) is 2.95. The SMILES string of the molecule is COc1ccc(OCC2(C#N)CCCCC2)cc1. The molecule has 0 unspecified atom stereocenters. The second-order valence-electron chi connectivity index (χ2n) is 4.92. The van der Waals surface area contributed by atoms with Gasteiger partial charge in [-0.2, -0.15) is 5.26 Å². The van der Waals surface area contributed by atoms with Crippen molar-refractivity contribution in [2.24, 2.45) is 5.41 Å². The van der Waals surface area contributed by atoms with Crippen molar-refractivity contribution >= 4 is 0 Å². The summed E-state index contributed by atoms with van der Waals surface area (Å²) in [5, 5.41) is 9.35. The van der Waals surface area contributed by atoms with Crippen molar-refractivity contribution in [3.05, 3.63) is 24.3 Å². The van der Waals surface area contributed by atoms with Gasteiger partial charge in [0.05, 0.1) is 18.6 Å². The first kappa shape index (κ1) is 12.8. The van der Waals surface area contributed by atoms with Gasteiger partial charge in [-0.15, -0.1) is 0 Å². The molecule has 0 N–H and O–H groups in total. The molecule has 0 spiro atoms. The Morgan fingerprint density at radius 2 is 1.72 bits per heavy atom. The highest BCUT2D eigenvalue weighted by molar-refractivity contribution is 5.31. The normalized spacial score (nSPS) is 17.8. The summed E-state index contributed by atoms with van der Waals surface area (Å²) < 4.78 is 10.9. The van der Waals surface area contributed by atoms with Crippen molar-refractivity contribution in [3.63, 3.8) is 0 Å². The lowest BCUT2D eigenvalue weighted by Crippen LogP contribution is -2.29. The van der Waals surface area contributed by atoms with Crippen LogP contribution in [0.25, 0.3) is 0 Å². The van der Waals surface area contributed by atoms with E-state index in [4.69, 9.17) is 9.47 Å². The summed E-state index contributed by atoms with van der Waals surface area (Å²) >= 11 is 0. The average Bonchev–Trinajstić information content (AvgIpc) is 2.47. The first-order valence-corrected chi connectivity index (χ1v) is 6.46. The van der Waals surface area contributed by atoms with E-state index in [0.717, 1.165) is 37.2 Å². The molecule has 0 radical (unpaired) electrons. The molecular formula is C15H19NO2. The summed E-state index contributed by atoms with van der Waals surface area (Å²) in [5.41, 5.74) is -0.280. The van der Waals surface area contributed by atoms with Crippen molar-refractivity contribution < 1.29 is 9.47 Å². The molecule has 1 saturated carbocycles. The highest BCUT2D eigenvalue weighted by atomic mass is 16.5. The van der Waals surface area contributed by atoms with Gasteiger partial charge < -0.3 is 9.47 Å². The monoisotopic (exact) mass is 245 g/mol. The molecule has 0 atom stereocenters. The molecule has 3 nitrogen and oxygen atoms in total. The van der Waals surface area contributed by atoms with Gasteiger partial charge in [-0.3, -0.25) is 0 Å². The first-order valence-electron chi connectivity index (χ1n) is 6.46. The molecule has 0 aliphatic heterocycles. The summed E-state index contributed by atoms with van der Waals surface area (Å²) in [4.78, 5) is 0. The highest BCUT2D eigenvalue weighted by Gasteiger charge is 2.32. The number of hydrogen-bond donors (Lipinski definition) is 0. The maximum Gasteiger partial charge on any atom is 0.119 e. The van der Waals surface area contributed by atoms with E-state index in [-0.39, 0.29) is 5.41 Å². The molecule has 1 aliphatic rings. The molecule has 1 aromatic rings. The van der Waals surface area contributed by atoms with Gasteiger partial charge >= 0.3 is 0 Å². The minimum atomic E-state index is -0.280. The Labute approximate surface area is 108 Å². The molecule has 1 fully saturated rings. The van der Waals surface area contributed by atoms with Crippen molar-refractivity contribution in [2.45, 2.75) is 32.1 Å². The van der Waals surface area contributed by atoms with Crippen LogP contribution in [0.1, 0.15) is 32.1 Å². The van der Waals surface area contributed by atoms with E-state index < -0.39 is 0 Å². The third-order valence-corrected chi connectivity index (χ3v) is 3.62. The number of nitriles is 1. The van der Waals surface area contributed by atoms with Gasteiger partial charge in [-0.25, -0.2) is 0 Å². The van der Waals surface area contributed by atoms with Crippen LogP contribution in [0.15, 0.2) is 24.3 Å². The van der Waals surface area contributed by atoms with E-state index in [1.54, 1.807) is 7.11 Å². The van der Waals surface area contributed by atoms with E-state index in [1.165, 1.54) is 6.42 Å². The lowest BCUT2D eigenvalue weighted by atomic mass is 9.76. The molecule has 1 aromatic carbocycles. The number of methoxy groups -OCH3 is 1. The Hall–Kier alpha value is -1.69. The van der Waals surface area contributed by atoms with Crippen LogP contribution >= 0.6 is 0 Å². The second-order valence-corrected chi connectivity index (χ2v) is 4.92. The molecule has 3 heteroatoms. The summed E-state index contributed by atoms with van der Waals surface area (Å²) in [6.07, 6.45) is 5.43. The maximum atomic E-state index is 9.35. The first-order chi connectivity index (χ1) is 8.78. The number of benzene rings is 1. The Balaban J connectivity index is 1.95. The van der Waals surface area contributed by atoms with Gasteiger partial charge in [-0.05, 0) is 37.1 Å². The Morgan fingerprint density at radius 1 is 1.11 bits per heavy atom. The Morgan fingerprint density at radius 3 is 2.28 bits per heavy atom. The van der Waals surface area contributed by atoms with E-state index in [0.29, 0.717) is 6.61 Å². The Kier molecular flexibility index (Phi) is 4.09. The standard InChI is InChI=1S/C15H19NO2/c1-17-13-5-7-14(8-6-13)18-12-15(11-16)9-3-2-4-10-15/h5-8H,2-4,9-10,12H2,1H3. The van der Waals surface area contributed by atoms with Gasteiger partial charge in [0, 0.05) is 0 Å².